The van der Waals surface area contributed by atoms with Crippen LogP contribution in [0.4, 0.5) is 0 Å². The third-order valence-corrected chi connectivity index (χ3v) is 11.2. The molecule has 5 heteroatoms. The first-order valence-corrected chi connectivity index (χ1v) is 13.8. The lowest BCUT2D eigenvalue weighted by Crippen LogP contribution is -2.58. The van der Waals surface area contributed by atoms with Gasteiger partial charge in [0.1, 0.15) is 0 Å². The van der Waals surface area contributed by atoms with Gasteiger partial charge in [0.2, 0.25) is 5.91 Å². The molecule has 3 N–H and O–H groups in total. The van der Waals surface area contributed by atoms with E-state index in [1.165, 1.54) is 25.7 Å². The number of fused-ring (bicyclic) bond motifs is 5. The Morgan fingerprint density at radius 1 is 1.06 bits per heavy atom. The number of hydrogen-bond donors (Lipinski definition) is 3. The molecule has 190 valence electrons. The van der Waals surface area contributed by atoms with Crippen molar-refractivity contribution in [2.24, 2.45) is 46.3 Å². The zero-order valence-corrected chi connectivity index (χ0v) is 21.9. The molecule has 33 heavy (non-hydrogen) atoms. The van der Waals surface area contributed by atoms with E-state index >= 15 is 0 Å². The Morgan fingerprint density at radius 3 is 2.55 bits per heavy atom. The fourth-order valence-electron chi connectivity index (χ4n) is 9.23. The molecular formula is C28H50N2O3. The lowest BCUT2D eigenvalue weighted by molar-refractivity contribution is -0.174. The molecule has 0 radical (unpaired) electrons. The lowest BCUT2D eigenvalue weighted by atomic mass is 9.43. The highest BCUT2D eigenvalue weighted by Gasteiger charge is 2.63. The van der Waals surface area contributed by atoms with Gasteiger partial charge in [0.25, 0.3) is 0 Å². The van der Waals surface area contributed by atoms with E-state index in [0.29, 0.717) is 48.0 Å². The first-order chi connectivity index (χ1) is 15.6. The summed E-state index contributed by atoms with van der Waals surface area (Å²) in [5, 5.41) is 25.0. The number of likely N-dealkylation sites (N-methyl/N-ethyl adjacent to an activating group) is 1. The molecule has 0 saturated heterocycles. The van der Waals surface area contributed by atoms with E-state index in [4.69, 9.17) is 0 Å². The van der Waals surface area contributed by atoms with Gasteiger partial charge in [-0.15, -0.1) is 0 Å². The molecular weight excluding hydrogens is 412 g/mol. The van der Waals surface area contributed by atoms with E-state index in [2.05, 4.69) is 31.0 Å². The summed E-state index contributed by atoms with van der Waals surface area (Å²) >= 11 is 0. The third kappa shape index (κ3) is 4.63. The highest BCUT2D eigenvalue weighted by atomic mass is 16.3. The van der Waals surface area contributed by atoms with Gasteiger partial charge >= 0.3 is 0 Å². The summed E-state index contributed by atoms with van der Waals surface area (Å²) in [6.07, 6.45) is 10.1. The molecule has 0 aromatic carbocycles. The zero-order valence-electron chi connectivity index (χ0n) is 21.9. The molecule has 10 atom stereocenters. The maximum absolute atomic E-state index is 12.4. The van der Waals surface area contributed by atoms with Crippen LogP contribution in [0.25, 0.3) is 0 Å². The maximum Gasteiger partial charge on any atom is 0.220 e. The van der Waals surface area contributed by atoms with Gasteiger partial charge in [0.15, 0.2) is 0 Å². The van der Waals surface area contributed by atoms with Crippen LogP contribution in [0.5, 0.6) is 0 Å². The molecule has 0 heterocycles. The van der Waals surface area contributed by atoms with Crippen LogP contribution in [0.1, 0.15) is 85.0 Å². The van der Waals surface area contributed by atoms with Crippen molar-refractivity contribution in [2.45, 2.75) is 97.2 Å². The van der Waals surface area contributed by atoms with Crippen LogP contribution < -0.4 is 5.32 Å². The molecule has 5 nitrogen and oxygen atoms in total. The van der Waals surface area contributed by atoms with Crippen molar-refractivity contribution in [1.29, 1.82) is 0 Å². The Kier molecular flexibility index (Phi) is 7.54. The average Bonchev–Trinajstić information content (AvgIpc) is 3.12. The van der Waals surface area contributed by atoms with Gasteiger partial charge in [0, 0.05) is 19.5 Å². The van der Waals surface area contributed by atoms with E-state index in [0.717, 1.165) is 44.6 Å². The highest BCUT2D eigenvalue weighted by molar-refractivity contribution is 5.75. The lowest BCUT2D eigenvalue weighted by Gasteiger charge is -2.62. The first-order valence-electron chi connectivity index (χ1n) is 13.8. The Bertz CT molecular complexity index is 699. The van der Waals surface area contributed by atoms with Crippen LogP contribution in [0.15, 0.2) is 0 Å². The minimum absolute atomic E-state index is 0.0145. The first kappa shape index (κ1) is 25.4. The van der Waals surface area contributed by atoms with E-state index in [1.807, 2.05) is 14.1 Å². The van der Waals surface area contributed by atoms with Crippen molar-refractivity contribution < 1.29 is 15.0 Å². The second-order valence-electron chi connectivity index (χ2n) is 13.1. The monoisotopic (exact) mass is 462 g/mol. The molecule has 4 fully saturated rings. The summed E-state index contributed by atoms with van der Waals surface area (Å²) in [7, 11) is 4.05. The van der Waals surface area contributed by atoms with Crippen molar-refractivity contribution in [2.75, 3.05) is 27.2 Å². The zero-order chi connectivity index (χ0) is 24.0. The molecule has 4 rings (SSSR count). The van der Waals surface area contributed by atoms with Crippen LogP contribution in [0.3, 0.4) is 0 Å². The number of nitrogens with zero attached hydrogens (tertiary/aromatic N) is 1. The van der Waals surface area contributed by atoms with Crippen molar-refractivity contribution in [3.8, 4) is 0 Å². The maximum atomic E-state index is 12.4. The molecule has 0 spiro atoms. The van der Waals surface area contributed by atoms with E-state index < -0.39 is 0 Å². The van der Waals surface area contributed by atoms with Gasteiger partial charge < -0.3 is 20.4 Å². The Hall–Kier alpha value is -0.650. The van der Waals surface area contributed by atoms with Crippen molar-refractivity contribution in [3.63, 3.8) is 0 Å². The van der Waals surface area contributed by atoms with Crippen molar-refractivity contribution in [3.05, 3.63) is 0 Å². The molecule has 4 aliphatic carbocycles. The Labute approximate surface area is 202 Å². The number of aliphatic hydroxyl groups excluding tert-OH is 2. The smallest absolute Gasteiger partial charge is 0.220 e. The normalized spacial score (nSPS) is 45.8. The predicted molar refractivity (Wildman–Crippen MR) is 133 cm³/mol. The van der Waals surface area contributed by atoms with Crippen LogP contribution >= 0.6 is 0 Å². The fraction of sp³-hybridized carbons (Fsp3) is 0.964. The molecule has 0 aromatic rings. The Morgan fingerprint density at radius 2 is 1.82 bits per heavy atom. The summed E-state index contributed by atoms with van der Waals surface area (Å²) < 4.78 is 0. The minimum atomic E-state index is -0.241. The van der Waals surface area contributed by atoms with Gasteiger partial charge in [0.05, 0.1) is 12.2 Å². The quantitative estimate of drug-likeness (QED) is 0.533. The standard InChI is InChI=1S/C28H50N2O3/c1-18(6-11-26(33)29-14-15-30(4)5)22-9-10-23-21-8-7-19-16-20(31)12-13-27(19,2)24(21)17-25(32)28(22,23)3/h18-25,31-32H,6-17H2,1-5H3,(H,29,33)/t18-,19-,20-,21+,22-,23+,24+,25+,27+,28-/m1/s1. The van der Waals surface area contributed by atoms with Gasteiger partial charge in [-0.1, -0.05) is 20.8 Å². The van der Waals surface area contributed by atoms with Crippen molar-refractivity contribution >= 4 is 5.91 Å². The number of hydrogen-bond acceptors (Lipinski definition) is 4. The van der Waals surface area contributed by atoms with Crippen molar-refractivity contribution in [1.82, 2.24) is 10.2 Å². The summed E-state index contributed by atoms with van der Waals surface area (Å²) in [5.74, 6) is 3.70. The third-order valence-electron chi connectivity index (χ3n) is 11.2. The Balaban J connectivity index is 1.41. The van der Waals surface area contributed by atoms with Gasteiger partial charge in [-0.2, -0.15) is 0 Å². The summed E-state index contributed by atoms with van der Waals surface area (Å²) in [6.45, 7) is 8.78. The summed E-state index contributed by atoms with van der Waals surface area (Å²) in [5.41, 5.74) is 0.276. The number of aliphatic hydroxyl groups is 2. The molecule has 0 bridgehead atoms. The number of nitrogens with one attached hydrogen (secondary N) is 1. The van der Waals surface area contributed by atoms with Gasteiger partial charge in [-0.3, -0.25) is 4.79 Å². The molecule has 0 unspecified atom stereocenters. The van der Waals surface area contributed by atoms with E-state index in [9.17, 15) is 15.0 Å². The van der Waals surface area contributed by atoms with E-state index in [1.54, 1.807) is 0 Å². The molecule has 4 aliphatic rings. The molecule has 4 saturated carbocycles. The summed E-state index contributed by atoms with van der Waals surface area (Å²) in [4.78, 5) is 14.4. The second kappa shape index (κ2) is 9.78. The van der Waals surface area contributed by atoms with Crippen LogP contribution in [0, 0.1) is 46.3 Å². The second-order valence-corrected chi connectivity index (χ2v) is 13.1. The number of carbonyl (C=O) groups excluding carboxylic acids is 1. The average molecular weight is 463 g/mol. The molecule has 0 aromatic heterocycles. The predicted octanol–water partition coefficient (Wildman–Crippen LogP) is 4.07. The topological polar surface area (TPSA) is 72.8 Å². The largest absolute Gasteiger partial charge is 0.393 e. The van der Waals surface area contributed by atoms with Crippen LogP contribution in [-0.4, -0.2) is 60.4 Å². The van der Waals surface area contributed by atoms with Gasteiger partial charge in [-0.25, -0.2) is 0 Å². The van der Waals surface area contributed by atoms with Crippen LogP contribution in [-0.2, 0) is 4.79 Å². The van der Waals surface area contributed by atoms with Gasteiger partial charge in [-0.05, 0) is 118 Å². The number of amides is 1. The fourth-order valence-corrected chi connectivity index (χ4v) is 9.23. The summed E-state index contributed by atoms with van der Waals surface area (Å²) in [6, 6.07) is 0. The molecule has 0 aliphatic heterocycles. The van der Waals surface area contributed by atoms with E-state index in [-0.39, 0.29) is 23.5 Å². The minimum Gasteiger partial charge on any atom is -0.393 e. The molecule has 1 amide bonds. The number of rotatable bonds is 7. The SMILES string of the molecule is C[C@H](CCC(=O)NCCN(C)C)[C@H]1CC[C@H]2[C@@H]3CC[C@@H]4C[C@H](O)CC[C@]4(C)[C@H]3C[C@H](O)[C@]12C. The highest BCUT2D eigenvalue weighted by Crippen LogP contribution is 2.68. The van der Waals surface area contributed by atoms with Crippen LogP contribution in [0.2, 0.25) is 0 Å². The number of carbonyl (C=O) groups is 1.